The number of nitrogens with zero attached hydrogens (tertiary/aromatic N) is 4. The molecule has 0 saturated heterocycles. The van der Waals surface area contributed by atoms with E-state index in [9.17, 15) is 0 Å². The average molecular weight is 447 g/mol. The average Bonchev–Trinajstić information content (AvgIpc) is 3.16. The lowest BCUT2D eigenvalue weighted by molar-refractivity contribution is 0.355. The molecular weight excluding hydrogens is 431 g/mol. The van der Waals surface area contributed by atoms with Gasteiger partial charge in [0.25, 0.3) is 0 Å². The van der Waals surface area contributed by atoms with Crippen molar-refractivity contribution in [1.82, 2.24) is 19.8 Å². The van der Waals surface area contributed by atoms with Crippen molar-refractivity contribution in [3.63, 3.8) is 0 Å². The third-order valence-electron chi connectivity index (χ3n) is 4.27. The zero-order valence-corrected chi connectivity index (χ0v) is 17.9. The summed E-state index contributed by atoms with van der Waals surface area (Å²) in [4.78, 5) is 0. The van der Waals surface area contributed by atoms with Gasteiger partial charge in [-0.25, -0.2) is 0 Å². The van der Waals surface area contributed by atoms with Crippen molar-refractivity contribution in [2.75, 3.05) is 14.2 Å². The van der Waals surface area contributed by atoms with Crippen molar-refractivity contribution in [3.8, 4) is 22.9 Å². The molecule has 6 nitrogen and oxygen atoms in total. The van der Waals surface area contributed by atoms with Crippen LogP contribution in [0.2, 0.25) is 10.0 Å². The number of methoxy groups -OCH3 is 2. The Balaban J connectivity index is 1.64. The Morgan fingerprint density at radius 3 is 2.52 bits per heavy atom. The van der Waals surface area contributed by atoms with Crippen LogP contribution in [0.3, 0.4) is 0 Å². The minimum Gasteiger partial charge on any atom is -0.493 e. The van der Waals surface area contributed by atoms with Gasteiger partial charge in [-0.15, -0.1) is 10.2 Å². The number of aromatic nitrogens is 4. The van der Waals surface area contributed by atoms with E-state index >= 15 is 0 Å². The van der Waals surface area contributed by atoms with E-state index in [1.165, 1.54) is 0 Å². The van der Waals surface area contributed by atoms with Crippen LogP contribution in [0.5, 0.6) is 11.5 Å². The Morgan fingerprint density at radius 2 is 1.76 bits per heavy atom. The van der Waals surface area contributed by atoms with Crippen molar-refractivity contribution in [2.24, 2.45) is 0 Å². The predicted octanol–water partition coefficient (Wildman–Crippen LogP) is 5.41. The van der Waals surface area contributed by atoms with Crippen molar-refractivity contribution >= 4 is 40.6 Å². The SMILES string of the molecule is COc1ccc(-c2nnc3ccc(SCc4ccc(Cl)cc4Cl)nn23)cc1OC. The molecule has 0 radical (unpaired) electrons. The van der Waals surface area contributed by atoms with Gasteiger partial charge in [0.2, 0.25) is 0 Å². The van der Waals surface area contributed by atoms with Gasteiger partial charge in [-0.2, -0.15) is 9.61 Å². The molecule has 0 bridgehead atoms. The first-order chi connectivity index (χ1) is 14.1. The number of thioether (sulfide) groups is 1. The molecule has 2 aromatic carbocycles. The lowest BCUT2D eigenvalue weighted by Crippen LogP contribution is -1.98. The zero-order valence-electron chi connectivity index (χ0n) is 15.6. The maximum Gasteiger partial charge on any atom is 0.185 e. The lowest BCUT2D eigenvalue weighted by atomic mass is 10.2. The molecule has 0 aliphatic heterocycles. The van der Waals surface area contributed by atoms with Crippen molar-refractivity contribution in [1.29, 1.82) is 0 Å². The van der Waals surface area contributed by atoms with Crippen LogP contribution in [0.1, 0.15) is 5.56 Å². The number of hydrogen-bond donors (Lipinski definition) is 0. The summed E-state index contributed by atoms with van der Waals surface area (Å²) in [5.74, 6) is 2.55. The van der Waals surface area contributed by atoms with E-state index in [0.717, 1.165) is 16.2 Å². The number of rotatable bonds is 6. The summed E-state index contributed by atoms with van der Waals surface area (Å²) in [5, 5.41) is 15.3. The molecule has 4 rings (SSSR count). The van der Waals surface area contributed by atoms with Gasteiger partial charge in [0.1, 0.15) is 5.03 Å². The minimum atomic E-state index is 0.615. The van der Waals surface area contributed by atoms with E-state index in [0.29, 0.717) is 38.8 Å². The quantitative estimate of drug-likeness (QED) is 0.369. The first kappa shape index (κ1) is 19.8. The van der Waals surface area contributed by atoms with E-state index in [2.05, 4.69) is 15.3 Å². The van der Waals surface area contributed by atoms with Gasteiger partial charge in [-0.05, 0) is 48.0 Å². The number of hydrogen-bond acceptors (Lipinski definition) is 6. The van der Waals surface area contributed by atoms with Gasteiger partial charge in [0, 0.05) is 21.4 Å². The van der Waals surface area contributed by atoms with Gasteiger partial charge < -0.3 is 9.47 Å². The molecule has 2 aromatic heterocycles. The smallest absolute Gasteiger partial charge is 0.185 e. The first-order valence-electron chi connectivity index (χ1n) is 8.60. The molecule has 0 unspecified atom stereocenters. The lowest BCUT2D eigenvalue weighted by Gasteiger charge is -2.09. The number of ether oxygens (including phenoxy) is 2. The maximum absolute atomic E-state index is 6.27. The second kappa shape index (κ2) is 8.49. The Kier molecular flexibility index (Phi) is 5.80. The Labute approximate surface area is 181 Å². The fraction of sp³-hybridized carbons (Fsp3) is 0.150. The summed E-state index contributed by atoms with van der Waals surface area (Å²) in [5.41, 5.74) is 2.47. The Hall–Kier alpha value is -2.48. The van der Waals surface area contributed by atoms with E-state index in [4.69, 9.17) is 32.7 Å². The van der Waals surface area contributed by atoms with Crippen LogP contribution in [-0.2, 0) is 5.75 Å². The second-order valence-electron chi connectivity index (χ2n) is 6.06. The highest BCUT2D eigenvalue weighted by Gasteiger charge is 2.14. The molecule has 0 saturated carbocycles. The maximum atomic E-state index is 6.27. The normalized spacial score (nSPS) is 11.0. The summed E-state index contributed by atoms with van der Waals surface area (Å²) in [6.45, 7) is 0. The summed E-state index contributed by atoms with van der Waals surface area (Å²) in [6, 6.07) is 14.9. The third kappa shape index (κ3) is 4.12. The summed E-state index contributed by atoms with van der Waals surface area (Å²) in [7, 11) is 3.19. The molecule has 4 aromatic rings. The van der Waals surface area contributed by atoms with E-state index in [1.807, 2.05) is 42.5 Å². The van der Waals surface area contributed by atoms with Crippen molar-refractivity contribution in [2.45, 2.75) is 10.8 Å². The second-order valence-corrected chi connectivity index (χ2v) is 7.90. The highest BCUT2D eigenvalue weighted by Crippen LogP contribution is 2.32. The molecular formula is C20H16Cl2N4O2S. The fourth-order valence-electron chi connectivity index (χ4n) is 2.79. The van der Waals surface area contributed by atoms with Crippen LogP contribution in [0, 0.1) is 0 Å². The molecule has 2 heterocycles. The van der Waals surface area contributed by atoms with Gasteiger partial charge in [0.15, 0.2) is 23.0 Å². The molecule has 0 fully saturated rings. The molecule has 0 amide bonds. The number of benzene rings is 2. The van der Waals surface area contributed by atoms with Crippen molar-refractivity contribution < 1.29 is 9.47 Å². The third-order valence-corrected chi connectivity index (χ3v) is 5.83. The van der Waals surface area contributed by atoms with Gasteiger partial charge in [0.05, 0.1) is 14.2 Å². The number of halogens is 2. The molecule has 148 valence electrons. The molecule has 0 atom stereocenters. The van der Waals surface area contributed by atoms with Gasteiger partial charge in [-0.3, -0.25) is 0 Å². The fourth-order valence-corrected chi connectivity index (χ4v) is 4.21. The van der Waals surface area contributed by atoms with Crippen molar-refractivity contribution in [3.05, 3.63) is 64.1 Å². The predicted molar refractivity (Wildman–Crippen MR) is 115 cm³/mol. The Morgan fingerprint density at radius 1 is 0.931 bits per heavy atom. The zero-order chi connectivity index (χ0) is 20.4. The molecule has 0 spiro atoms. The first-order valence-corrected chi connectivity index (χ1v) is 10.3. The number of fused-ring (bicyclic) bond motifs is 1. The van der Waals surface area contributed by atoms with E-state index < -0.39 is 0 Å². The van der Waals surface area contributed by atoms with E-state index in [-0.39, 0.29) is 0 Å². The van der Waals surface area contributed by atoms with Crippen LogP contribution in [0.15, 0.2) is 53.6 Å². The molecule has 0 aliphatic carbocycles. The highest BCUT2D eigenvalue weighted by molar-refractivity contribution is 7.98. The summed E-state index contributed by atoms with van der Waals surface area (Å²) >= 11 is 13.8. The standard InChI is InChI=1S/C20H16Cl2N4O2S/c1-27-16-6-4-12(9-17(16)28-2)20-24-23-18-7-8-19(25-26(18)20)29-11-13-3-5-14(21)10-15(13)22/h3-10H,11H2,1-2H3. The monoisotopic (exact) mass is 446 g/mol. The van der Waals surface area contributed by atoms with Gasteiger partial charge in [-0.1, -0.05) is 41.0 Å². The highest BCUT2D eigenvalue weighted by atomic mass is 35.5. The molecule has 0 aliphatic rings. The largest absolute Gasteiger partial charge is 0.493 e. The van der Waals surface area contributed by atoms with Crippen LogP contribution in [0.4, 0.5) is 0 Å². The minimum absolute atomic E-state index is 0.615. The molecule has 0 N–H and O–H groups in total. The summed E-state index contributed by atoms with van der Waals surface area (Å²) < 4.78 is 12.4. The van der Waals surface area contributed by atoms with Crippen LogP contribution >= 0.6 is 35.0 Å². The van der Waals surface area contributed by atoms with E-state index in [1.54, 1.807) is 36.6 Å². The Bertz CT molecular complexity index is 1180. The molecule has 9 heteroatoms. The molecule has 29 heavy (non-hydrogen) atoms. The summed E-state index contributed by atoms with van der Waals surface area (Å²) in [6.07, 6.45) is 0. The van der Waals surface area contributed by atoms with Crippen LogP contribution in [0.25, 0.3) is 17.0 Å². The van der Waals surface area contributed by atoms with Gasteiger partial charge >= 0.3 is 0 Å². The van der Waals surface area contributed by atoms with Crippen LogP contribution < -0.4 is 9.47 Å². The topological polar surface area (TPSA) is 61.5 Å². The van der Waals surface area contributed by atoms with Crippen LogP contribution in [-0.4, -0.2) is 34.0 Å².